The Morgan fingerprint density at radius 2 is 2.71 bits per heavy atom. The van der Waals surface area contributed by atoms with Gasteiger partial charge in [-0.05, 0) is 6.92 Å². The van der Waals surface area contributed by atoms with Crippen LogP contribution in [0.25, 0.3) is 0 Å². The summed E-state index contributed by atoms with van der Waals surface area (Å²) < 4.78 is 0.826. The minimum Gasteiger partial charge on any atom is -0.295 e. The van der Waals surface area contributed by atoms with Crippen molar-refractivity contribution in [2.24, 2.45) is 5.10 Å². The summed E-state index contributed by atoms with van der Waals surface area (Å²) in [7, 11) is 0. The molecule has 1 atom stereocenters. The molecule has 1 rings (SSSR count). The maximum Gasteiger partial charge on any atom is 0.148 e. The van der Waals surface area contributed by atoms with Crippen molar-refractivity contribution in [2.45, 2.75) is 12.3 Å². The lowest BCUT2D eigenvalue weighted by Gasteiger charge is -1.94. The molecule has 0 aliphatic carbocycles. The molecule has 1 aliphatic heterocycles. The van der Waals surface area contributed by atoms with Gasteiger partial charge in [0.05, 0.1) is 5.37 Å². The highest BCUT2D eigenvalue weighted by molar-refractivity contribution is 8.32. The SMILES string of the molecule is CC1NN=C(S)S1. The van der Waals surface area contributed by atoms with E-state index in [0.29, 0.717) is 5.37 Å². The highest BCUT2D eigenvalue weighted by Crippen LogP contribution is 2.17. The Morgan fingerprint density at radius 1 is 2.00 bits per heavy atom. The predicted octanol–water partition coefficient (Wildman–Crippen LogP) is 0.870. The molecule has 0 saturated heterocycles. The largest absolute Gasteiger partial charge is 0.295 e. The van der Waals surface area contributed by atoms with Crippen LogP contribution >= 0.6 is 24.4 Å². The van der Waals surface area contributed by atoms with Gasteiger partial charge in [0.25, 0.3) is 0 Å². The molecule has 0 aromatic heterocycles. The molecular weight excluding hydrogens is 128 g/mol. The van der Waals surface area contributed by atoms with Crippen molar-refractivity contribution in [1.29, 1.82) is 0 Å². The highest BCUT2D eigenvalue weighted by Gasteiger charge is 2.08. The molecule has 1 N–H and O–H groups in total. The van der Waals surface area contributed by atoms with E-state index < -0.39 is 0 Å². The molecule has 4 heteroatoms. The lowest BCUT2D eigenvalue weighted by atomic mass is 10.8. The van der Waals surface area contributed by atoms with E-state index in [1.165, 1.54) is 0 Å². The number of hydrogen-bond acceptors (Lipinski definition) is 3. The third-order valence-electron chi connectivity index (χ3n) is 0.624. The van der Waals surface area contributed by atoms with E-state index in [9.17, 15) is 0 Å². The van der Waals surface area contributed by atoms with Crippen molar-refractivity contribution >= 4 is 28.8 Å². The molecule has 0 aromatic carbocycles. The van der Waals surface area contributed by atoms with Gasteiger partial charge in [0.15, 0.2) is 0 Å². The van der Waals surface area contributed by atoms with E-state index in [2.05, 4.69) is 23.2 Å². The summed E-state index contributed by atoms with van der Waals surface area (Å²) >= 11 is 5.63. The average Bonchev–Trinajstić information content (AvgIpc) is 1.87. The highest BCUT2D eigenvalue weighted by atomic mass is 32.2. The molecule has 0 fully saturated rings. The fourth-order valence-electron chi connectivity index (χ4n) is 0.357. The van der Waals surface area contributed by atoms with Gasteiger partial charge in [0.2, 0.25) is 0 Å². The fraction of sp³-hybridized carbons (Fsp3) is 0.667. The lowest BCUT2D eigenvalue weighted by Crippen LogP contribution is -2.09. The summed E-state index contributed by atoms with van der Waals surface area (Å²) in [5.74, 6) is 0. The standard InChI is InChI=1S/C3H6N2S2/c1-2-4-5-3(6)7-2/h2,4H,1H3,(H,5,6). The Bertz CT molecular complexity index is 101. The van der Waals surface area contributed by atoms with Gasteiger partial charge in [-0.15, -0.1) is 12.6 Å². The van der Waals surface area contributed by atoms with Gasteiger partial charge < -0.3 is 0 Å². The van der Waals surface area contributed by atoms with E-state index in [1.54, 1.807) is 11.8 Å². The second kappa shape index (κ2) is 1.96. The summed E-state index contributed by atoms with van der Waals surface area (Å²) in [5.41, 5.74) is 2.84. The van der Waals surface area contributed by atoms with Crippen LogP contribution < -0.4 is 5.43 Å². The van der Waals surface area contributed by atoms with Crippen LogP contribution in [0, 0.1) is 0 Å². The average molecular weight is 134 g/mol. The van der Waals surface area contributed by atoms with Gasteiger partial charge in [-0.25, -0.2) is 0 Å². The lowest BCUT2D eigenvalue weighted by molar-refractivity contribution is 0.755. The molecule has 1 heterocycles. The molecule has 0 amide bonds. The molecule has 0 aromatic rings. The first kappa shape index (κ1) is 5.31. The van der Waals surface area contributed by atoms with E-state index in [-0.39, 0.29) is 0 Å². The molecule has 40 valence electrons. The van der Waals surface area contributed by atoms with Crippen LogP contribution in [0.3, 0.4) is 0 Å². The smallest absolute Gasteiger partial charge is 0.148 e. The van der Waals surface area contributed by atoms with Crippen LogP contribution in [0.2, 0.25) is 0 Å². The number of thioether (sulfide) groups is 1. The van der Waals surface area contributed by atoms with Crippen molar-refractivity contribution in [2.75, 3.05) is 0 Å². The molecule has 0 spiro atoms. The van der Waals surface area contributed by atoms with Crippen molar-refractivity contribution in [3.63, 3.8) is 0 Å². The Balaban J connectivity index is 2.42. The van der Waals surface area contributed by atoms with Crippen LogP contribution in [0.5, 0.6) is 0 Å². The maximum atomic E-state index is 4.00. The van der Waals surface area contributed by atoms with Crippen LogP contribution in [-0.2, 0) is 0 Å². The molecular formula is C3H6N2S2. The van der Waals surface area contributed by atoms with E-state index in [1.807, 2.05) is 6.92 Å². The third kappa shape index (κ3) is 1.28. The maximum absolute atomic E-state index is 4.00. The Morgan fingerprint density at radius 3 is 2.86 bits per heavy atom. The van der Waals surface area contributed by atoms with Crippen molar-refractivity contribution in [1.82, 2.24) is 5.43 Å². The van der Waals surface area contributed by atoms with Crippen molar-refractivity contribution in [3.05, 3.63) is 0 Å². The summed E-state index contributed by atoms with van der Waals surface area (Å²) in [5, 5.41) is 4.22. The zero-order chi connectivity index (χ0) is 5.28. The van der Waals surface area contributed by atoms with Crippen LogP contribution in [0.15, 0.2) is 5.10 Å². The van der Waals surface area contributed by atoms with Gasteiger partial charge in [0, 0.05) is 0 Å². The van der Waals surface area contributed by atoms with Crippen LogP contribution in [0.1, 0.15) is 6.92 Å². The number of hydrazone groups is 1. The zero-order valence-corrected chi connectivity index (χ0v) is 5.59. The summed E-state index contributed by atoms with van der Waals surface area (Å²) in [6, 6.07) is 0. The molecule has 0 saturated carbocycles. The number of thiol groups is 1. The quantitative estimate of drug-likeness (QED) is 0.480. The van der Waals surface area contributed by atoms with Gasteiger partial charge in [-0.3, -0.25) is 5.43 Å². The normalized spacial score (nSPS) is 29.4. The minimum atomic E-state index is 0.410. The van der Waals surface area contributed by atoms with Gasteiger partial charge in [-0.2, -0.15) is 5.10 Å². The molecule has 7 heavy (non-hydrogen) atoms. The second-order valence-electron chi connectivity index (χ2n) is 1.28. The van der Waals surface area contributed by atoms with Gasteiger partial charge in [0.1, 0.15) is 4.38 Å². The monoisotopic (exact) mass is 134 g/mol. The zero-order valence-electron chi connectivity index (χ0n) is 3.88. The Labute approximate surface area is 52.2 Å². The van der Waals surface area contributed by atoms with Crippen LogP contribution in [-0.4, -0.2) is 9.75 Å². The predicted molar refractivity (Wildman–Crippen MR) is 36.6 cm³/mol. The molecule has 2 nitrogen and oxygen atoms in total. The van der Waals surface area contributed by atoms with E-state index in [0.717, 1.165) is 4.38 Å². The third-order valence-corrected chi connectivity index (χ3v) is 1.80. The topological polar surface area (TPSA) is 24.4 Å². The van der Waals surface area contributed by atoms with Crippen LogP contribution in [0.4, 0.5) is 0 Å². The van der Waals surface area contributed by atoms with Crippen molar-refractivity contribution < 1.29 is 0 Å². The number of hydrogen-bond donors (Lipinski definition) is 2. The number of nitrogens with one attached hydrogen (secondary N) is 1. The summed E-state index contributed by atoms with van der Waals surface area (Å²) in [6.45, 7) is 2.04. The Kier molecular flexibility index (Phi) is 1.49. The fourth-order valence-corrected chi connectivity index (χ4v) is 1.42. The number of nitrogens with zero attached hydrogens (tertiary/aromatic N) is 1. The number of rotatable bonds is 0. The first-order chi connectivity index (χ1) is 3.29. The van der Waals surface area contributed by atoms with Crippen molar-refractivity contribution in [3.8, 4) is 0 Å². The van der Waals surface area contributed by atoms with E-state index in [4.69, 9.17) is 0 Å². The summed E-state index contributed by atoms with van der Waals surface area (Å²) in [6.07, 6.45) is 0. The molecule has 0 bridgehead atoms. The molecule has 0 radical (unpaired) electrons. The molecule has 1 unspecified atom stereocenters. The summed E-state index contributed by atoms with van der Waals surface area (Å²) in [4.78, 5) is 0. The first-order valence-corrected chi connectivity index (χ1v) is 3.30. The first-order valence-electron chi connectivity index (χ1n) is 1.98. The second-order valence-corrected chi connectivity index (χ2v) is 3.34. The Hall–Kier alpha value is 0.170. The molecule has 1 aliphatic rings. The van der Waals surface area contributed by atoms with E-state index >= 15 is 0 Å². The van der Waals surface area contributed by atoms with Gasteiger partial charge in [-0.1, -0.05) is 11.8 Å². The minimum absolute atomic E-state index is 0.410. The van der Waals surface area contributed by atoms with Gasteiger partial charge >= 0.3 is 0 Å².